The van der Waals surface area contributed by atoms with Crippen molar-refractivity contribution in [3.05, 3.63) is 0 Å². The van der Waals surface area contributed by atoms with Gasteiger partial charge < -0.3 is 15.7 Å². The molecule has 1 aliphatic heterocycles. The van der Waals surface area contributed by atoms with Crippen LogP contribution < -0.4 is 10.6 Å². The number of carboxylic acid groups (broad SMARTS) is 1. The van der Waals surface area contributed by atoms with Crippen molar-refractivity contribution in [1.29, 1.82) is 0 Å². The zero-order valence-corrected chi connectivity index (χ0v) is 9.95. The van der Waals surface area contributed by atoms with Gasteiger partial charge in [-0.05, 0) is 25.2 Å². The van der Waals surface area contributed by atoms with Crippen LogP contribution in [0.4, 0.5) is 0 Å². The van der Waals surface area contributed by atoms with Gasteiger partial charge in [0.1, 0.15) is 0 Å². The topological polar surface area (TPSA) is 78.4 Å². The minimum absolute atomic E-state index is 0.00861. The van der Waals surface area contributed by atoms with E-state index in [1.807, 2.05) is 0 Å². The van der Waals surface area contributed by atoms with Crippen LogP contribution in [0.1, 0.15) is 38.5 Å². The molecule has 1 aliphatic carbocycles. The molecule has 0 radical (unpaired) electrons. The highest BCUT2D eigenvalue weighted by Crippen LogP contribution is 2.33. The number of rotatable bonds is 4. The van der Waals surface area contributed by atoms with E-state index in [2.05, 4.69) is 10.6 Å². The van der Waals surface area contributed by atoms with Crippen LogP contribution in [0.15, 0.2) is 0 Å². The summed E-state index contributed by atoms with van der Waals surface area (Å²) in [6.45, 7) is 0.224. The number of hydrogen-bond donors (Lipinski definition) is 3. The van der Waals surface area contributed by atoms with E-state index in [9.17, 15) is 9.59 Å². The van der Waals surface area contributed by atoms with E-state index in [1.165, 1.54) is 25.7 Å². The van der Waals surface area contributed by atoms with E-state index in [0.29, 0.717) is 12.0 Å². The standard InChI is InChI=1S/C12H20N2O3/c15-11(16)5-6-13-12(17)10-7-8-3-1-2-4-9(8)14-10/h8-10,14H,1-7H2,(H,13,17)(H,15,16). The lowest BCUT2D eigenvalue weighted by Gasteiger charge is -2.24. The number of carbonyl (C=O) groups excluding carboxylic acids is 1. The van der Waals surface area contributed by atoms with E-state index < -0.39 is 5.97 Å². The van der Waals surface area contributed by atoms with Crippen molar-refractivity contribution in [3.63, 3.8) is 0 Å². The quantitative estimate of drug-likeness (QED) is 0.668. The average Bonchev–Trinajstić information content (AvgIpc) is 2.71. The number of fused-ring (bicyclic) bond motifs is 1. The number of nitrogens with one attached hydrogen (secondary N) is 2. The van der Waals surface area contributed by atoms with Crippen molar-refractivity contribution >= 4 is 11.9 Å². The van der Waals surface area contributed by atoms with E-state index in [-0.39, 0.29) is 24.9 Å². The SMILES string of the molecule is O=C(O)CCNC(=O)C1CC2CCCCC2N1. The molecule has 0 bridgehead atoms. The van der Waals surface area contributed by atoms with Gasteiger partial charge in [-0.15, -0.1) is 0 Å². The van der Waals surface area contributed by atoms with Crippen LogP contribution in [0, 0.1) is 5.92 Å². The van der Waals surface area contributed by atoms with Crippen LogP contribution in [0.2, 0.25) is 0 Å². The number of hydrogen-bond acceptors (Lipinski definition) is 3. The van der Waals surface area contributed by atoms with E-state index >= 15 is 0 Å². The van der Waals surface area contributed by atoms with Gasteiger partial charge in [-0.25, -0.2) is 0 Å². The summed E-state index contributed by atoms with van der Waals surface area (Å²) in [5.74, 6) is -0.280. The second kappa shape index (κ2) is 5.49. The maximum atomic E-state index is 11.8. The molecule has 96 valence electrons. The summed E-state index contributed by atoms with van der Waals surface area (Å²) in [6.07, 6.45) is 5.81. The Balaban J connectivity index is 1.75. The maximum absolute atomic E-state index is 11.8. The summed E-state index contributed by atoms with van der Waals surface area (Å²) < 4.78 is 0. The van der Waals surface area contributed by atoms with Crippen LogP contribution in [0.3, 0.4) is 0 Å². The Morgan fingerprint density at radius 3 is 2.76 bits per heavy atom. The highest BCUT2D eigenvalue weighted by molar-refractivity contribution is 5.82. The van der Waals surface area contributed by atoms with Gasteiger partial charge in [-0.2, -0.15) is 0 Å². The first-order valence-electron chi connectivity index (χ1n) is 6.42. The monoisotopic (exact) mass is 240 g/mol. The third-order valence-corrected chi connectivity index (χ3v) is 3.82. The first-order chi connectivity index (χ1) is 8.16. The van der Waals surface area contributed by atoms with Gasteiger partial charge in [0, 0.05) is 12.6 Å². The second-order valence-electron chi connectivity index (χ2n) is 5.04. The smallest absolute Gasteiger partial charge is 0.305 e. The zero-order valence-electron chi connectivity index (χ0n) is 9.95. The van der Waals surface area contributed by atoms with E-state index in [1.54, 1.807) is 0 Å². The summed E-state index contributed by atoms with van der Waals surface area (Å²) in [5, 5.41) is 14.5. The molecule has 3 atom stereocenters. The molecule has 17 heavy (non-hydrogen) atoms. The summed E-state index contributed by atoms with van der Waals surface area (Å²) in [6, 6.07) is 0.385. The van der Waals surface area contributed by atoms with Crippen LogP contribution >= 0.6 is 0 Å². The Bertz CT molecular complexity index is 292. The zero-order chi connectivity index (χ0) is 12.3. The Morgan fingerprint density at radius 2 is 2.06 bits per heavy atom. The molecular formula is C12H20N2O3. The molecule has 0 spiro atoms. The summed E-state index contributed by atoms with van der Waals surface area (Å²) in [7, 11) is 0. The minimum Gasteiger partial charge on any atom is -0.481 e. The average molecular weight is 240 g/mol. The molecular weight excluding hydrogens is 220 g/mol. The Morgan fingerprint density at radius 1 is 1.29 bits per heavy atom. The van der Waals surface area contributed by atoms with Crippen molar-refractivity contribution < 1.29 is 14.7 Å². The molecule has 1 amide bonds. The molecule has 5 nitrogen and oxygen atoms in total. The molecule has 2 aliphatic rings. The van der Waals surface area contributed by atoms with E-state index in [4.69, 9.17) is 5.11 Å². The van der Waals surface area contributed by atoms with Gasteiger partial charge in [-0.1, -0.05) is 12.8 Å². The fourth-order valence-electron chi connectivity index (χ4n) is 2.94. The van der Waals surface area contributed by atoms with Crippen molar-refractivity contribution in [2.45, 2.75) is 50.6 Å². The van der Waals surface area contributed by atoms with Gasteiger partial charge in [0.25, 0.3) is 0 Å². The van der Waals surface area contributed by atoms with Crippen LogP contribution in [-0.2, 0) is 9.59 Å². The van der Waals surface area contributed by atoms with Crippen molar-refractivity contribution in [2.24, 2.45) is 5.92 Å². The molecule has 5 heteroatoms. The van der Waals surface area contributed by atoms with Gasteiger partial charge in [0.05, 0.1) is 12.5 Å². The molecule has 1 heterocycles. The lowest BCUT2D eigenvalue weighted by atomic mass is 9.85. The van der Waals surface area contributed by atoms with Gasteiger partial charge in [0.2, 0.25) is 5.91 Å². The highest BCUT2D eigenvalue weighted by atomic mass is 16.4. The Hall–Kier alpha value is -1.10. The number of carbonyl (C=O) groups is 2. The Kier molecular flexibility index (Phi) is 3.99. The Labute approximate surface area is 101 Å². The molecule has 1 saturated carbocycles. The van der Waals surface area contributed by atoms with Crippen molar-refractivity contribution in [2.75, 3.05) is 6.54 Å². The predicted molar refractivity (Wildman–Crippen MR) is 62.5 cm³/mol. The fraction of sp³-hybridized carbons (Fsp3) is 0.833. The first kappa shape index (κ1) is 12.4. The molecule has 3 unspecified atom stereocenters. The van der Waals surface area contributed by atoms with Gasteiger partial charge in [0.15, 0.2) is 0 Å². The first-order valence-corrected chi connectivity index (χ1v) is 6.42. The summed E-state index contributed by atoms with van der Waals surface area (Å²) in [5.41, 5.74) is 0. The molecule has 0 aromatic rings. The molecule has 3 N–H and O–H groups in total. The molecule has 2 rings (SSSR count). The minimum atomic E-state index is -0.877. The third kappa shape index (κ3) is 3.19. The highest BCUT2D eigenvalue weighted by Gasteiger charge is 2.37. The predicted octanol–water partition coefficient (Wildman–Crippen LogP) is 0.498. The molecule has 1 saturated heterocycles. The molecule has 2 fully saturated rings. The number of carboxylic acids is 1. The lowest BCUT2D eigenvalue weighted by Crippen LogP contribution is -2.43. The van der Waals surface area contributed by atoms with Crippen LogP contribution in [-0.4, -0.2) is 35.6 Å². The van der Waals surface area contributed by atoms with Crippen LogP contribution in [0.25, 0.3) is 0 Å². The largest absolute Gasteiger partial charge is 0.481 e. The number of amides is 1. The summed E-state index contributed by atoms with van der Waals surface area (Å²) >= 11 is 0. The second-order valence-corrected chi connectivity index (χ2v) is 5.04. The fourth-order valence-corrected chi connectivity index (χ4v) is 2.94. The normalized spacial score (nSPS) is 31.9. The molecule has 0 aromatic heterocycles. The van der Waals surface area contributed by atoms with Crippen molar-refractivity contribution in [3.8, 4) is 0 Å². The lowest BCUT2D eigenvalue weighted by molar-refractivity contribution is -0.136. The number of aliphatic carboxylic acids is 1. The third-order valence-electron chi connectivity index (χ3n) is 3.82. The van der Waals surface area contributed by atoms with Crippen molar-refractivity contribution in [1.82, 2.24) is 10.6 Å². The summed E-state index contributed by atoms with van der Waals surface area (Å²) in [4.78, 5) is 22.1. The van der Waals surface area contributed by atoms with Crippen LogP contribution in [0.5, 0.6) is 0 Å². The maximum Gasteiger partial charge on any atom is 0.305 e. The molecule has 0 aromatic carbocycles. The van der Waals surface area contributed by atoms with E-state index in [0.717, 1.165) is 6.42 Å². The van der Waals surface area contributed by atoms with Gasteiger partial charge in [-0.3, -0.25) is 9.59 Å². The van der Waals surface area contributed by atoms with Gasteiger partial charge >= 0.3 is 5.97 Å².